The van der Waals surface area contributed by atoms with Gasteiger partial charge in [0, 0.05) is 18.5 Å². The van der Waals surface area contributed by atoms with E-state index < -0.39 is 15.6 Å². The molecule has 1 unspecified atom stereocenters. The van der Waals surface area contributed by atoms with E-state index in [2.05, 4.69) is 4.72 Å². The fourth-order valence-electron chi connectivity index (χ4n) is 2.63. The third kappa shape index (κ3) is 3.12. The van der Waals surface area contributed by atoms with Crippen LogP contribution in [0, 0.1) is 11.3 Å². The van der Waals surface area contributed by atoms with E-state index in [1.165, 1.54) is 24.3 Å². The highest BCUT2D eigenvalue weighted by atomic mass is 32.2. The first-order chi connectivity index (χ1) is 11.4. The minimum Gasteiger partial charge on any atom is -0.493 e. The molecule has 6 nitrogen and oxygen atoms in total. The Hall–Kier alpha value is -2.40. The zero-order chi connectivity index (χ0) is 17.2. The zero-order valence-corrected chi connectivity index (χ0v) is 13.6. The predicted octanol–water partition coefficient (Wildman–Crippen LogP) is 1.51. The van der Waals surface area contributed by atoms with Crippen molar-refractivity contribution >= 4 is 10.0 Å². The average Bonchev–Trinajstić information content (AvgIpc) is 2.61. The van der Waals surface area contributed by atoms with Gasteiger partial charge in [-0.1, -0.05) is 18.2 Å². The summed E-state index contributed by atoms with van der Waals surface area (Å²) >= 11 is 0. The van der Waals surface area contributed by atoms with Crippen molar-refractivity contribution in [1.82, 2.24) is 4.72 Å². The molecule has 2 aromatic carbocycles. The van der Waals surface area contributed by atoms with Crippen LogP contribution in [0.2, 0.25) is 0 Å². The Bertz CT molecular complexity index is 888. The van der Waals surface area contributed by atoms with Crippen LogP contribution in [0.15, 0.2) is 53.4 Å². The van der Waals surface area contributed by atoms with Crippen molar-refractivity contribution in [2.75, 3.05) is 13.2 Å². The number of hydrogen-bond acceptors (Lipinski definition) is 5. The summed E-state index contributed by atoms with van der Waals surface area (Å²) in [6.07, 6.45) is 0.292. The van der Waals surface area contributed by atoms with Crippen LogP contribution < -0.4 is 9.46 Å². The number of rotatable bonds is 4. The molecule has 1 atom stereocenters. The smallest absolute Gasteiger partial charge is 0.240 e. The minimum absolute atomic E-state index is 0.0467. The Kier molecular flexibility index (Phi) is 4.28. The maximum Gasteiger partial charge on any atom is 0.240 e. The number of benzene rings is 2. The molecule has 7 heteroatoms. The lowest BCUT2D eigenvalue weighted by Crippen LogP contribution is -2.43. The molecule has 0 saturated carbocycles. The third-order valence-electron chi connectivity index (χ3n) is 4.01. The van der Waals surface area contributed by atoms with Crippen molar-refractivity contribution in [3.05, 3.63) is 59.7 Å². The van der Waals surface area contributed by atoms with Crippen LogP contribution in [0.5, 0.6) is 5.75 Å². The number of fused-ring (bicyclic) bond motifs is 1. The van der Waals surface area contributed by atoms with Gasteiger partial charge >= 0.3 is 0 Å². The Balaban J connectivity index is 1.81. The van der Waals surface area contributed by atoms with Gasteiger partial charge in [-0.3, -0.25) is 0 Å². The molecule has 0 aromatic heterocycles. The highest BCUT2D eigenvalue weighted by Crippen LogP contribution is 2.36. The summed E-state index contributed by atoms with van der Waals surface area (Å²) in [5.74, 6) is 0.559. The molecule has 1 aliphatic heterocycles. The van der Waals surface area contributed by atoms with Crippen molar-refractivity contribution in [1.29, 1.82) is 5.26 Å². The van der Waals surface area contributed by atoms with Gasteiger partial charge in [0.25, 0.3) is 0 Å². The molecule has 1 aliphatic rings. The molecule has 3 rings (SSSR count). The molecular formula is C17H16N2O4S. The van der Waals surface area contributed by atoms with E-state index >= 15 is 0 Å². The highest BCUT2D eigenvalue weighted by molar-refractivity contribution is 7.89. The SMILES string of the molecule is N#Cc1ccc(S(=O)(=O)NCC2(O)CCOc3ccccc32)cc1. The van der Waals surface area contributed by atoms with Crippen LogP contribution in [0.25, 0.3) is 0 Å². The average molecular weight is 344 g/mol. The predicted molar refractivity (Wildman–Crippen MR) is 86.8 cm³/mol. The van der Waals surface area contributed by atoms with E-state index in [0.717, 1.165) is 0 Å². The van der Waals surface area contributed by atoms with Gasteiger partial charge in [-0.05, 0) is 30.3 Å². The summed E-state index contributed by atoms with van der Waals surface area (Å²) in [5.41, 5.74) is -0.376. The number of nitrogens with zero attached hydrogens (tertiary/aromatic N) is 1. The van der Waals surface area contributed by atoms with Gasteiger partial charge < -0.3 is 9.84 Å². The second-order valence-corrected chi connectivity index (χ2v) is 7.35. The number of para-hydroxylation sites is 1. The summed E-state index contributed by atoms with van der Waals surface area (Å²) in [4.78, 5) is 0.0467. The lowest BCUT2D eigenvalue weighted by molar-refractivity contribution is 0.00219. The molecule has 0 spiro atoms. The Morgan fingerprint density at radius 2 is 1.92 bits per heavy atom. The van der Waals surface area contributed by atoms with E-state index in [1.54, 1.807) is 24.3 Å². The van der Waals surface area contributed by atoms with E-state index in [0.29, 0.717) is 29.9 Å². The van der Waals surface area contributed by atoms with Gasteiger partial charge in [-0.25, -0.2) is 13.1 Å². The normalized spacial score (nSPS) is 19.8. The summed E-state index contributed by atoms with van der Waals surface area (Å²) < 4.78 is 32.7. The summed E-state index contributed by atoms with van der Waals surface area (Å²) in [5, 5.41) is 19.6. The molecule has 0 amide bonds. The van der Waals surface area contributed by atoms with E-state index in [9.17, 15) is 13.5 Å². The topological polar surface area (TPSA) is 99.4 Å². The summed E-state index contributed by atoms with van der Waals surface area (Å²) in [7, 11) is -3.79. The number of hydrogen-bond donors (Lipinski definition) is 2. The van der Waals surface area contributed by atoms with Crippen molar-refractivity contribution in [2.24, 2.45) is 0 Å². The van der Waals surface area contributed by atoms with Gasteiger partial charge in [0.2, 0.25) is 10.0 Å². The lowest BCUT2D eigenvalue weighted by Gasteiger charge is -2.34. The first-order valence-corrected chi connectivity index (χ1v) is 8.87. The second kappa shape index (κ2) is 6.24. The Morgan fingerprint density at radius 1 is 1.21 bits per heavy atom. The van der Waals surface area contributed by atoms with Gasteiger partial charge in [0.1, 0.15) is 11.4 Å². The largest absolute Gasteiger partial charge is 0.493 e. The van der Waals surface area contributed by atoms with Gasteiger partial charge in [-0.15, -0.1) is 0 Å². The van der Waals surface area contributed by atoms with Crippen molar-refractivity contribution < 1.29 is 18.3 Å². The molecule has 0 aliphatic carbocycles. The molecule has 0 bridgehead atoms. The lowest BCUT2D eigenvalue weighted by atomic mass is 9.88. The van der Waals surface area contributed by atoms with Crippen LogP contribution in [-0.2, 0) is 15.6 Å². The van der Waals surface area contributed by atoms with E-state index in [1.807, 2.05) is 6.07 Å². The molecule has 0 saturated heterocycles. The summed E-state index contributed by atoms with van der Waals surface area (Å²) in [6.45, 7) is 0.155. The molecule has 124 valence electrons. The van der Waals surface area contributed by atoms with Crippen LogP contribution in [0.4, 0.5) is 0 Å². The van der Waals surface area contributed by atoms with Crippen LogP contribution >= 0.6 is 0 Å². The maximum absolute atomic E-state index is 12.4. The second-order valence-electron chi connectivity index (χ2n) is 5.59. The monoisotopic (exact) mass is 344 g/mol. The van der Waals surface area contributed by atoms with Gasteiger partial charge in [0.05, 0.1) is 23.1 Å². The number of nitrogens with one attached hydrogen (secondary N) is 1. The standard InChI is InChI=1S/C17H16N2O4S/c18-11-13-5-7-14(8-6-13)24(21,22)19-12-17(20)9-10-23-16-4-2-1-3-15(16)17/h1-8,19-20H,9-10,12H2. The molecule has 2 N–H and O–H groups in total. The van der Waals surface area contributed by atoms with Crippen LogP contribution in [0.3, 0.4) is 0 Å². The quantitative estimate of drug-likeness (QED) is 0.876. The number of ether oxygens (including phenoxy) is 1. The Labute approximate surface area is 140 Å². The first-order valence-electron chi connectivity index (χ1n) is 7.39. The molecular weight excluding hydrogens is 328 g/mol. The highest BCUT2D eigenvalue weighted by Gasteiger charge is 2.36. The minimum atomic E-state index is -3.79. The van der Waals surface area contributed by atoms with Crippen molar-refractivity contribution in [3.8, 4) is 11.8 Å². The zero-order valence-electron chi connectivity index (χ0n) is 12.8. The van der Waals surface area contributed by atoms with Crippen LogP contribution in [-0.4, -0.2) is 26.7 Å². The molecule has 0 radical (unpaired) electrons. The number of nitriles is 1. The molecule has 0 fully saturated rings. The van der Waals surface area contributed by atoms with Gasteiger partial charge in [0.15, 0.2) is 0 Å². The Morgan fingerprint density at radius 3 is 2.62 bits per heavy atom. The fourth-order valence-corrected chi connectivity index (χ4v) is 3.72. The van der Waals surface area contributed by atoms with Gasteiger partial charge in [-0.2, -0.15) is 5.26 Å². The first kappa shape index (κ1) is 16.5. The maximum atomic E-state index is 12.4. The van der Waals surface area contributed by atoms with E-state index in [-0.39, 0.29) is 11.4 Å². The summed E-state index contributed by atoms with van der Waals surface area (Å²) in [6, 6.07) is 14.6. The van der Waals surface area contributed by atoms with Crippen molar-refractivity contribution in [2.45, 2.75) is 16.9 Å². The van der Waals surface area contributed by atoms with Crippen LogP contribution in [0.1, 0.15) is 17.5 Å². The fraction of sp³-hybridized carbons (Fsp3) is 0.235. The third-order valence-corrected chi connectivity index (χ3v) is 5.43. The number of sulfonamides is 1. The molecule has 2 aromatic rings. The number of aliphatic hydroxyl groups is 1. The van der Waals surface area contributed by atoms with E-state index in [4.69, 9.17) is 10.00 Å². The van der Waals surface area contributed by atoms with Crippen molar-refractivity contribution in [3.63, 3.8) is 0 Å². The molecule has 24 heavy (non-hydrogen) atoms. The molecule has 1 heterocycles.